The zero-order valence-corrected chi connectivity index (χ0v) is 8.58. The first kappa shape index (κ1) is 9.98. The molecule has 1 aromatic rings. The van der Waals surface area contributed by atoms with Gasteiger partial charge in [-0.3, -0.25) is 4.79 Å². The number of anilines is 1. The zero-order chi connectivity index (χ0) is 11.1. The van der Waals surface area contributed by atoms with Crippen molar-refractivity contribution < 1.29 is 9.90 Å². The highest BCUT2D eigenvalue weighted by atomic mass is 16.3. The highest BCUT2D eigenvalue weighted by Gasteiger charge is 2.46. The van der Waals surface area contributed by atoms with E-state index in [2.05, 4.69) is 5.32 Å². The molecular formula is C11H14N2O2. The molecule has 0 aromatic heterocycles. The first-order valence-corrected chi connectivity index (χ1v) is 4.92. The van der Waals surface area contributed by atoms with Crippen molar-refractivity contribution >= 4 is 11.6 Å². The molecule has 1 fully saturated rings. The third kappa shape index (κ3) is 1.80. The lowest BCUT2D eigenvalue weighted by molar-refractivity contribution is -0.118. The predicted octanol–water partition coefficient (Wildman–Crippen LogP) is 1.13. The molecule has 2 rings (SSSR count). The van der Waals surface area contributed by atoms with E-state index in [9.17, 15) is 9.90 Å². The van der Waals surface area contributed by atoms with E-state index in [0.29, 0.717) is 18.5 Å². The molecule has 0 aliphatic heterocycles. The largest absolute Gasteiger partial charge is 0.505 e. The molecule has 0 radical (unpaired) electrons. The van der Waals surface area contributed by atoms with Crippen molar-refractivity contribution in [1.29, 1.82) is 0 Å². The Morgan fingerprint density at radius 1 is 1.53 bits per heavy atom. The average Bonchev–Trinajstić information content (AvgIpc) is 2.93. The molecule has 4 N–H and O–H groups in total. The number of phenolic OH excluding ortho intramolecular Hbond substituents is 1. The van der Waals surface area contributed by atoms with E-state index in [-0.39, 0.29) is 11.7 Å². The maximum absolute atomic E-state index is 11.6. The number of aryl methyl sites for hydroxylation is 1. The summed E-state index contributed by atoms with van der Waals surface area (Å²) in [6, 6.07) is 5.22. The molecule has 1 aliphatic rings. The highest BCUT2D eigenvalue weighted by molar-refractivity contribution is 6.01. The van der Waals surface area contributed by atoms with Gasteiger partial charge in [-0.1, -0.05) is 12.1 Å². The van der Waals surface area contributed by atoms with Crippen molar-refractivity contribution in [2.75, 3.05) is 5.32 Å². The van der Waals surface area contributed by atoms with Crippen LogP contribution in [-0.2, 0) is 4.79 Å². The summed E-state index contributed by atoms with van der Waals surface area (Å²) in [5.41, 5.74) is 6.18. The molecule has 0 atom stereocenters. The van der Waals surface area contributed by atoms with Gasteiger partial charge in [0.15, 0.2) is 0 Å². The summed E-state index contributed by atoms with van der Waals surface area (Å²) < 4.78 is 0. The van der Waals surface area contributed by atoms with Gasteiger partial charge < -0.3 is 16.2 Å². The molecule has 1 aromatic carbocycles. The van der Waals surface area contributed by atoms with E-state index < -0.39 is 5.54 Å². The summed E-state index contributed by atoms with van der Waals surface area (Å²) >= 11 is 0. The summed E-state index contributed by atoms with van der Waals surface area (Å²) in [5, 5.41) is 12.3. The van der Waals surface area contributed by atoms with Crippen molar-refractivity contribution in [1.82, 2.24) is 0 Å². The van der Waals surface area contributed by atoms with Crippen molar-refractivity contribution in [3.05, 3.63) is 23.8 Å². The number of rotatable bonds is 2. The Kier molecular flexibility index (Phi) is 2.16. The molecular weight excluding hydrogens is 192 g/mol. The van der Waals surface area contributed by atoms with Gasteiger partial charge in [-0.25, -0.2) is 0 Å². The predicted molar refractivity (Wildman–Crippen MR) is 57.6 cm³/mol. The summed E-state index contributed by atoms with van der Waals surface area (Å²) in [7, 11) is 0. The highest BCUT2D eigenvalue weighted by Crippen LogP contribution is 2.35. The second-order valence-corrected chi connectivity index (χ2v) is 4.08. The van der Waals surface area contributed by atoms with Crippen molar-refractivity contribution in [3.8, 4) is 5.75 Å². The van der Waals surface area contributed by atoms with Crippen LogP contribution in [0.2, 0.25) is 0 Å². The number of hydrogen-bond acceptors (Lipinski definition) is 3. The minimum Gasteiger partial charge on any atom is -0.505 e. The molecule has 0 saturated heterocycles. The maximum Gasteiger partial charge on any atom is 0.244 e. The lowest BCUT2D eigenvalue weighted by Gasteiger charge is -2.12. The summed E-state index contributed by atoms with van der Waals surface area (Å²) in [5.74, 6) is -0.112. The number of benzene rings is 1. The molecule has 1 saturated carbocycles. The Morgan fingerprint density at radius 3 is 2.80 bits per heavy atom. The second kappa shape index (κ2) is 3.24. The van der Waals surface area contributed by atoms with Gasteiger partial charge >= 0.3 is 0 Å². The van der Waals surface area contributed by atoms with Gasteiger partial charge in [0.2, 0.25) is 5.91 Å². The SMILES string of the molecule is Cc1cccc(NC(=O)C2(N)CC2)c1O. The summed E-state index contributed by atoms with van der Waals surface area (Å²) in [6.07, 6.45) is 1.43. The number of nitrogens with two attached hydrogens (primary N) is 1. The molecule has 0 spiro atoms. The lowest BCUT2D eigenvalue weighted by Crippen LogP contribution is -2.37. The molecule has 1 amide bonds. The van der Waals surface area contributed by atoms with Crippen molar-refractivity contribution in [2.24, 2.45) is 5.73 Å². The lowest BCUT2D eigenvalue weighted by atomic mass is 10.2. The number of amides is 1. The van der Waals surface area contributed by atoms with E-state index in [4.69, 9.17) is 5.73 Å². The summed E-state index contributed by atoms with van der Waals surface area (Å²) in [4.78, 5) is 11.6. The number of carbonyl (C=O) groups excluding carboxylic acids is 1. The quantitative estimate of drug-likeness (QED) is 0.635. The second-order valence-electron chi connectivity index (χ2n) is 4.08. The van der Waals surface area contributed by atoms with Crippen LogP contribution in [0.25, 0.3) is 0 Å². The van der Waals surface area contributed by atoms with Gasteiger partial charge in [-0.15, -0.1) is 0 Å². The molecule has 4 nitrogen and oxygen atoms in total. The third-order valence-electron chi connectivity index (χ3n) is 2.73. The average molecular weight is 206 g/mol. The molecule has 0 bridgehead atoms. The molecule has 4 heteroatoms. The number of nitrogens with one attached hydrogen (secondary N) is 1. The van der Waals surface area contributed by atoms with Gasteiger partial charge in [-0.2, -0.15) is 0 Å². The number of aromatic hydroxyl groups is 1. The van der Waals surface area contributed by atoms with E-state index in [0.717, 1.165) is 5.56 Å². The Labute approximate surface area is 88.1 Å². The number of carbonyl (C=O) groups is 1. The monoisotopic (exact) mass is 206 g/mol. The fourth-order valence-electron chi connectivity index (χ4n) is 1.37. The molecule has 80 valence electrons. The number of hydrogen-bond donors (Lipinski definition) is 3. The standard InChI is InChI=1S/C11H14N2O2/c1-7-3-2-4-8(9(7)14)13-10(15)11(12)5-6-11/h2-4,14H,5-6,12H2,1H3,(H,13,15). The van der Waals surface area contributed by atoms with Gasteiger partial charge in [-0.05, 0) is 31.4 Å². The van der Waals surface area contributed by atoms with Gasteiger partial charge in [0.05, 0.1) is 11.2 Å². The first-order chi connectivity index (χ1) is 7.03. The van der Waals surface area contributed by atoms with E-state index in [1.807, 2.05) is 0 Å². The molecule has 15 heavy (non-hydrogen) atoms. The smallest absolute Gasteiger partial charge is 0.244 e. The van der Waals surface area contributed by atoms with Crippen LogP contribution < -0.4 is 11.1 Å². The van der Waals surface area contributed by atoms with Crippen molar-refractivity contribution in [3.63, 3.8) is 0 Å². The molecule has 0 unspecified atom stereocenters. The minimum atomic E-state index is -0.712. The zero-order valence-electron chi connectivity index (χ0n) is 8.58. The van der Waals surface area contributed by atoms with Gasteiger partial charge in [0.1, 0.15) is 5.75 Å². The van der Waals surface area contributed by atoms with Crippen LogP contribution in [0.3, 0.4) is 0 Å². The van der Waals surface area contributed by atoms with Crippen LogP contribution in [0, 0.1) is 6.92 Å². The van der Waals surface area contributed by atoms with E-state index in [1.54, 1.807) is 25.1 Å². The van der Waals surface area contributed by atoms with Crippen LogP contribution >= 0.6 is 0 Å². The Hall–Kier alpha value is -1.55. The number of phenols is 1. The molecule has 1 aliphatic carbocycles. The topological polar surface area (TPSA) is 75.4 Å². The fraction of sp³-hybridized carbons (Fsp3) is 0.364. The van der Waals surface area contributed by atoms with Gasteiger partial charge in [0.25, 0.3) is 0 Å². The van der Waals surface area contributed by atoms with Crippen LogP contribution in [0.1, 0.15) is 18.4 Å². The van der Waals surface area contributed by atoms with Crippen LogP contribution in [0.15, 0.2) is 18.2 Å². The Bertz CT molecular complexity index is 411. The first-order valence-electron chi connectivity index (χ1n) is 4.92. The normalized spacial score (nSPS) is 17.2. The van der Waals surface area contributed by atoms with E-state index in [1.165, 1.54) is 0 Å². The molecule has 0 heterocycles. The van der Waals surface area contributed by atoms with Crippen LogP contribution in [0.5, 0.6) is 5.75 Å². The number of para-hydroxylation sites is 1. The Morgan fingerprint density at radius 2 is 2.20 bits per heavy atom. The van der Waals surface area contributed by atoms with Crippen LogP contribution in [0.4, 0.5) is 5.69 Å². The third-order valence-corrected chi connectivity index (χ3v) is 2.73. The van der Waals surface area contributed by atoms with Gasteiger partial charge in [0, 0.05) is 0 Å². The maximum atomic E-state index is 11.6. The van der Waals surface area contributed by atoms with Crippen molar-refractivity contribution in [2.45, 2.75) is 25.3 Å². The van der Waals surface area contributed by atoms with Crippen LogP contribution in [-0.4, -0.2) is 16.6 Å². The van der Waals surface area contributed by atoms with E-state index >= 15 is 0 Å². The minimum absolute atomic E-state index is 0.107. The Balaban J connectivity index is 2.17. The fourth-order valence-corrected chi connectivity index (χ4v) is 1.37. The summed E-state index contributed by atoms with van der Waals surface area (Å²) in [6.45, 7) is 1.78.